The van der Waals surface area contributed by atoms with Crippen LogP contribution in [0.25, 0.3) is 0 Å². The maximum atomic E-state index is 12.1. The minimum Gasteiger partial charge on any atom is -0.479 e. The highest BCUT2D eigenvalue weighted by atomic mass is 16.5. The quantitative estimate of drug-likeness (QED) is 0.524. The topological polar surface area (TPSA) is 78.9 Å². The Morgan fingerprint density at radius 2 is 2.25 bits per heavy atom. The molecule has 0 aromatic heterocycles. The van der Waals surface area contributed by atoms with Crippen LogP contribution in [0.5, 0.6) is 0 Å². The Balaban J connectivity index is 2.42. The van der Waals surface area contributed by atoms with Gasteiger partial charge in [0.1, 0.15) is 5.54 Å². The fourth-order valence-electron chi connectivity index (χ4n) is 2.51. The number of hydrogen-bond acceptors (Lipinski definition) is 3. The molecule has 114 valence electrons. The first kappa shape index (κ1) is 16.5. The van der Waals surface area contributed by atoms with E-state index < -0.39 is 11.5 Å². The van der Waals surface area contributed by atoms with E-state index in [-0.39, 0.29) is 6.03 Å². The molecular formula is C14H24N2O4. The first-order valence-corrected chi connectivity index (χ1v) is 7.06. The molecule has 1 atom stereocenters. The van der Waals surface area contributed by atoms with Gasteiger partial charge < -0.3 is 20.1 Å². The van der Waals surface area contributed by atoms with E-state index in [4.69, 9.17) is 4.74 Å². The summed E-state index contributed by atoms with van der Waals surface area (Å²) >= 11 is 0. The first-order chi connectivity index (χ1) is 9.58. The molecule has 0 aliphatic carbocycles. The summed E-state index contributed by atoms with van der Waals surface area (Å²) in [5.74, 6) is -0.921. The number of nitrogens with one attached hydrogen (secondary N) is 1. The Kier molecular flexibility index (Phi) is 6.51. The lowest BCUT2D eigenvalue weighted by molar-refractivity contribution is -0.148. The second-order valence-electron chi connectivity index (χ2n) is 4.87. The Morgan fingerprint density at radius 3 is 2.85 bits per heavy atom. The highest BCUT2D eigenvalue weighted by Crippen LogP contribution is 2.32. The van der Waals surface area contributed by atoms with Crippen molar-refractivity contribution in [1.29, 1.82) is 0 Å². The highest BCUT2D eigenvalue weighted by Gasteiger charge is 2.48. The standard InChI is InChI=1S/C14H24N2O4/c1-3-5-10-20-11-8-15-13(19)16-9-6-7-14(16,4-2)12(17)18/h3H,1,4-11H2,2H3,(H,15,19)(H,17,18). The third-order valence-electron chi connectivity index (χ3n) is 3.71. The third kappa shape index (κ3) is 3.72. The number of rotatable bonds is 8. The van der Waals surface area contributed by atoms with Crippen LogP contribution in [0.15, 0.2) is 12.7 Å². The Hall–Kier alpha value is -1.56. The number of amides is 2. The van der Waals surface area contributed by atoms with Crippen molar-refractivity contribution in [1.82, 2.24) is 10.2 Å². The van der Waals surface area contributed by atoms with Crippen molar-refractivity contribution in [3.05, 3.63) is 12.7 Å². The van der Waals surface area contributed by atoms with Crippen molar-refractivity contribution < 1.29 is 19.4 Å². The zero-order chi connectivity index (χ0) is 15.0. The molecule has 1 aliphatic rings. The maximum Gasteiger partial charge on any atom is 0.329 e. The molecule has 1 heterocycles. The lowest BCUT2D eigenvalue weighted by Crippen LogP contribution is -2.55. The molecular weight excluding hydrogens is 260 g/mol. The van der Waals surface area contributed by atoms with Crippen molar-refractivity contribution in [3.8, 4) is 0 Å². The average molecular weight is 284 g/mol. The summed E-state index contributed by atoms with van der Waals surface area (Å²) in [5, 5.41) is 12.1. The number of hydrogen-bond donors (Lipinski definition) is 2. The number of aliphatic carboxylic acids is 1. The third-order valence-corrected chi connectivity index (χ3v) is 3.71. The van der Waals surface area contributed by atoms with Crippen molar-refractivity contribution >= 4 is 12.0 Å². The second kappa shape index (κ2) is 7.89. The number of carboxylic acid groups (broad SMARTS) is 1. The van der Waals surface area contributed by atoms with Gasteiger partial charge in [-0.15, -0.1) is 6.58 Å². The van der Waals surface area contributed by atoms with Gasteiger partial charge in [-0.1, -0.05) is 13.0 Å². The van der Waals surface area contributed by atoms with Gasteiger partial charge in [-0.3, -0.25) is 0 Å². The van der Waals surface area contributed by atoms with Gasteiger partial charge in [0, 0.05) is 13.1 Å². The maximum absolute atomic E-state index is 12.1. The Labute approximate surface area is 119 Å². The summed E-state index contributed by atoms with van der Waals surface area (Å²) in [6.07, 6.45) is 4.21. The van der Waals surface area contributed by atoms with Gasteiger partial charge in [-0.2, -0.15) is 0 Å². The first-order valence-electron chi connectivity index (χ1n) is 7.06. The van der Waals surface area contributed by atoms with Crippen LogP contribution >= 0.6 is 0 Å². The molecule has 1 saturated heterocycles. The number of likely N-dealkylation sites (tertiary alicyclic amines) is 1. The summed E-state index contributed by atoms with van der Waals surface area (Å²) in [5.41, 5.74) is -1.05. The molecule has 0 aromatic carbocycles. The molecule has 20 heavy (non-hydrogen) atoms. The molecule has 1 unspecified atom stereocenters. The molecule has 2 amide bonds. The van der Waals surface area contributed by atoms with Gasteiger partial charge in [0.2, 0.25) is 0 Å². The monoisotopic (exact) mass is 284 g/mol. The van der Waals surface area contributed by atoms with E-state index in [1.54, 1.807) is 13.0 Å². The summed E-state index contributed by atoms with van der Waals surface area (Å²) < 4.78 is 5.29. The van der Waals surface area contributed by atoms with E-state index in [2.05, 4.69) is 11.9 Å². The van der Waals surface area contributed by atoms with Gasteiger partial charge >= 0.3 is 12.0 Å². The number of carbonyl (C=O) groups excluding carboxylic acids is 1. The Morgan fingerprint density at radius 1 is 1.50 bits per heavy atom. The van der Waals surface area contributed by atoms with Gasteiger partial charge in [0.15, 0.2) is 0 Å². The van der Waals surface area contributed by atoms with E-state index in [0.717, 1.165) is 12.8 Å². The van der Waals surface area contributed by atoms with Crippen LogP contribution in [0, 0.1) is 0 Å². The lowest BCUT2D eigenvalue weighted by atomic mass is 9.93. The number of urea groups is 1. The van der Waals surface area contributed by atoms with Gasteiger partial charge in [0.25, 0.3) is 0 Å². The Bertz CT molecular complexity index is 359. The second-order valence-corrected chi connectivity index (χ2v) is 4.87. The predicted octanol–water partition coefficient (Wildman–Crippen LogP) is 1.62. The molecule has 0 spiro atoms. The smallest absolute Gasteiger partial charge is 0.329 e. The van der Waals surface area contributed by atoms with Crippen LogP contribution in [0.3, 0.4) is 0 Å². The number of carboxylic acids is 1. The van der Waals surface area contributed by atoms with E-state index >= 15 is 0 Å². The molecule has 0 bridgehead atoms. The normalized spacial score (nSPS) is 21.8. The molecule has 0 radical (unpaired) electrons. The fourth-order valence-corrected chi connectivity index (χ4v) is 2.51. The molecule has 0 aromatic rings. The van der Waals surface area contributed by atoms with E-state index in [9.17, 15) is 14.7 Å². The van der Waals surface area contributed by atoms with Gasteiger partial charge in [0.05, 0.1) is 13.2 Å². The summed E-state index contributed by atoms with van der Waals surface area (Å²) in [6.45, 7) is 7.26. The number of carbonyl (C=O) groups is 2. The van der Waals surface area contributed by atoms with Crippen LogP contribution in [0.2, 0.25) is 0 Å². The van der Waals surface area contributed by atoms with E-state index in [1.165, 1.54) is 4.90 Å². The summed E-state index contributed by atoms with van der Waals surface area (Å²) in [6, 6.07) is -0.320. The molecule has 1 rings (SSSR count). The van der Waals surface area contributed by atoms with Crippen molar-refractivity contribution in [2.45, 2.75) is 38.1 Å². The molecule has 1 aliphatic heterocycles. The summed E-state index contributed by atoms with van der Waals surface area (Å²) in [4.78, 5) is 25.0. The van der Waals surface area contributed by atoms with Crippen molar-refractivity contribution in [3.63, 3.8) is 0 Å². The average Bonchev–Trinajstić information content (AvgIpc) is 2.87. The molecule has 1 fully saturated rings. The van der Waals surface area contributed by atoms with E-state index in [0.29, 0.717) is 39.1 Å². The largest absolute Gasteiger partial charge is 0.479 e. The fraction of sp³-hybridized carbons (Fsp3) is 0.714. The molecule has 2 N–H and O–H groups in total. The molecule has 6 nitrogen and oxygen atoms in total. The predicted molar refractivity (Wildman–Crippen MR) is 75.6 cm³/mol. The summed E-state index contributed by atoms with van der Waals surface area (Å²) in [7, 11) is 0. The van der Waals surface area contributed by atoms with Gasteiger partial charge in [-0.05, 0) is 25.7 Å². The van der Waals surface area contributed by atoms with Crippen LogP contribution in [-0.2, 0) is 9.53 Å². The number of nitrogens with zero attached hydrogens (tertiary/aromatic N) is 1. The van der Waals surface area contributed by atoms with Crippen molar-refractivity contribution in [2.75, 3.05) is 26.3 Å². The van der Waals surface area contributed by atoms with Crippen LogP contribution in [-0.4, -0.2) is 53.8 Å². The van der Waals surface area contributed by atoms with Crippen LogP contribution in [0.4, 0.5) is 4.79 Å². The molecule has 6 heteroatoms. The van der Waals surface area contributed by atoms with E-state index in [1.807, 2.05) is 0 Å². The highest BCUT2D eigenvalue weighted by molar-refractivity contribution is 5.87. The zero-order valence-electron chi connectivity index (χ0n) is 12.1. The zero-order valence-corrected chi connectivity index (χ0v) is 12.1. The minimum atomic E-state index is -1.05. The number of ether oxygens (including phenoxy) is 1. The molecule has 0 saturated carbocycles. The minimum absolute atomic E-state index is 0.320. The van der Waals surface area contributed by atoms with Crippen LogP contribution in [0.1, 0.15) is 32.6 Å². The SMILES string of the molecule is C=CCCOCCNC(=O)N1CCCC1(CC)C(=O)O. The van der Waals surface area contributed by atoms with Crippen LogP contribution < -0.4 is 5.32 Å². The van der Waals surface area contributed by atoms with Crippen molar-refractivity contribution in [2.24, 2.45) is 0 Å². The lowest BCUT2D eigenvalue weighted by Gasteiger charge is -2.33. The van der Waals surface area contributed by atoms with Gasteiger partial charge in [-0.25, -0.2) is 9.59 Å².